The second-order valence-corrected chi connectivity index (χ2v) is 6.95. The molecule has 2 aliphatic rings. The van der Waals surface area contributed by atoms with Crippen molar-refractivity contribution >= 4 is 11.9 Å². The lowest BCUT2D eigenvalue weighted by atomic mass is 9.65. The monoisotopic (exact) mass is 333 g/mol. The smallest absolute Gasteiger partial charge is 0.326 e. The molecule has 1 aromatic carbocycles. The van der Waals surface area contributed by atoms with Crippen LogP contribution < -0.4 is 0 Å². The van der Waals surface area contributed by atoms with E-state index in [4.69, 9.17) is 9.47 Å². The highest BCUT2D eigenvalue weighted by molar-refractivity contribution is 6.02. The van der Waals surface area contributed by atoms with Crippen LogP contribution in [-0.2, 0) is 19.1 Å². The van der Waals surface area contributed by atoms with Gasteiger partial charge in [-0.1, -0.05) is 30.3 Å². The quantitative estimate of drug-likeness (QED) is 0.660. The van der Waals surface area contributed by atoms with Gasteiger partial charge in [-0.15, -0.1) is 0 Å². The van der Waals surface area contributed by atoms with Crippen LogP contribution in [0.3, 0.4) is 0 Å². The molecule has 0 radical (unpaired) electrons. The Morgan fingerprint density at radius 1 is 1.42 bits per heavy atom. The number of piperidine rings is 1. The van der Waals surface area contributed by atoms with E-state index in [1.54, 1.807) is 0 Å². The minimum Gasteiger partial charge on any atom is -0.468 e. The molecule has 0 amide bonds. The zero-order chi connectivity index (χ0) is 17.5. The molecule has 6 heteroatoms. The minimum absolute atomic E-state index is 0.0364. The molecule has 2 aliphatic heterocycles. The number of benzene rings is 1. The largest absolute Gasteiger partial charge is 0.468 e. The summed E-state index contributed by atoms with van der Waals surface area (Å²) in [5.41, 5.74) is -1.36. The molecule has 0 aliphatic carbocycles. The number of hydrogen-bond donors (Lipinski definition) is 1. The summed E-state index contributed by atoms with van der Waals surface area (Å²) in [6, 6.07) is 9.97. The van der Waals surface area contributed by atoms with E-state index in [-0.39, 0.29) is 6.04 Å². The van der Waals surface area contributed by atoms with Crippen LogP contribution in [0.2, 0.25) is 0 Å². The van der Waals surface area contributed by atoms with Crippen molar-refractivity contribution in [1.29, 1.82) is 0 Å². The summed E-state index contributed by atoms with van der Waals surface area (Å²) in [5, 5.41) is 9.95. The first-order valence-electron chi connectivity index (χ1n) is 8.07. The summed E-state index contributed by atoms with van der Waals surface area (Å²) in [4.78, 5) is 27.1. The van der Waals surface area contributed by atoms with Gasteiger partial charge in [0.2, 0.25) is 0 Å². The van der Waals surface area contributed by atoms with Gasteiger partial charge in [0.25, 0.3) is 0 Å². The lowest BCUT2D eigenvalue weighted by molar-refractivity contribution is -0.167. The Labute approximate surface area is 141 Å². The molecule has 130 valence electrons. The summed E-state index contributed by atoms with van der Waals surface area (Å²) in [6.45, 7) is 1.71. The predicted octanol–water partition coefficient (Wildman–Crippen LogP) is 1.15. The standard InChI is InChI=1S/C18H23NO5/c1-17-10-19(2)13(12-7-5-4-6-8-12)9-14(17)18(11-20,15(21)23-3)16(22)24-17/h4-8,13-14,20H,9-11H2,1-3H3. The molecule has 0 aromatic heterocycles. The number of hydrogen-bond acceptors (Lipinski definition) is 6. The fraction of sp³-hybridized carbons (Fsp3) is 0.556. The van der Waals surface area contributed by atoms with Crippen molar-refractivity contribution in [2.75, 3.05) is 27.3 Å². The van der Waals surface area contributed by atoms with Gasteiger partial charge in [-0.3, -0.25) is 14.5 Å². The third kappa shape index (κ3) is 2.24. The SMILES string of the molecule is COC(=O)C1(CO)C(=O)OC2(C)CN(C)C(c3ccccc3)CC21. The number of carbonyl (C=O) groups excluding carboxylic acids is 2. The first-order valence-corrected chi connectivity index (χ1v) is 8.07. The van der Waals surface area contributed by atoms with E-state index in [0.717, 1.165) is 5.56 Å². The highest BCUT2D eigenvalue weighted by Crippen LogP contribution is 2.54. The maximum atomic E-state index is 12.5. The summed E-state index contributed by atoms with van der Waals surface area (Å²) >= 11 is 0. The van der Waals surface area contributed by atoms with E-state index in [1.165, 1.54) is 7.11 Å². The van der Waals surface area contributed by atoms with Crippen LogP contribution in [0.15, 0.2) is 30.3 Å². The maximum Gasteiger partial charge on any atom is 0.326 e. The molecule has 2 heterocycles. The first-order chi connectivity index (χ1) is 11.4. The van der Waals surface area contributed by atoms with Crippen molar-refractivity contribution < 1.29 is 24.2 Å². The normalized spacial score (nSPS) is 36.1. The van der Waals surface area contributed by atoms with Crippen molar-refractivity contribution in [3.63, 3.8) is 0 Å². The average molecular weight is 333 g/mol. The van der Waals surface area contributed by atoms with Gasteiger partial charge in [-0.2, -0.15) is 0 Å². The number of ether oxygens (including phenoxy) is 2. The Balaban J connectivity index is 2.03. The third-order valence-electron chi connectivity index (χ3n) is 5.56. The van der Waals surface area contributed by atoms with Gasteiger partial charge in [0.1, 0.15) is 5.60 Å². The average Bonchev–Trinajstić information content (AvgIpc) is 2.80. The molecule has 1 N–H and O–H groups in total. The molecule has 24 heavy (non-hydrogen) atoms. The number of methoxy groups -OCH3 is 1. The molecule has 4 atom stereocenters. The lowest BCUT2D eigenvalue weighted by Crippen LogP contribution is -2.56. The van der Waals surface area contributed by atoms with E-state index in [1.807, 2.05) is 44.3 Å². The van der Waals surface area contributed by atoms with Gasteiger partial charge >= 0.3 is 11.9 Å². The van der Waals surface area contributed by atoms with Crippen molar-refractivity contribution in [3.05, 3.63) is 35.9 Å². The number of esters is 2. The maximum absolute atomic E-state index is 12.5. The Hall–Kier alpha value is -1.92. The highest BCUT2D eigenvalue weighted by Gasteiger charge is 2.69. The topological polar surface area (TPSA) is 76.1 Å². The molecule has 1 aromatic rings. The van der Waals surface area contributed by atoms with E-state index in [0.29, 0.717) is 13.0 Å². The van der Waals surface area contributed by atoms with Crippen LogP contribution in [0, 0.1) is 11.3 Å². The van der Waals surface area contributed by atoms with Crippen molar-refractivity contribution in [2.24, 2.45) is 11.3 Å². The van der Waals surface area contributed by atoms with Gasteiger partial charge in [0, 0.05) is 18.5 Å². The van der Waals surface area contributed by atoms with Crippen molar-refractivity contribution in [3.8, 4) is 0 Å². The van der Waals surface area contributed by atoms with Crippen molar-refractivity contribution in [2.45, 2.75) is 25.0 Å². The summed E-state index contributed by atoms with van der Waals surface area (Å²) in [6.07, 6.45) is 0.526. The third-order valence-corrected chi connectivity index (χ3v) is 5.56. The summed E-state index contributed by atoms with van der Waals surface area (Å²) < 4.78 is 10.4. The van der Waals surface area contributed by atoms with E-state index in [2.05, 4.69) is 4.90 Å². The van der Waals surface area contributed by atoms with Crippen LogP contribution in [0.5, 0.6) is 0 Å². The Bertz CT molecular complexity index is 648. The van der Waals surface area contributed by atoms with Crippen molar-refractivity contribution in [1.82, 2.24) is 4.90 Å². The Morgan fingerprint density at radius 3 is 2.67 bits per heavy atom. The van der Waals surface area contributed by atoms with Crippen LogP contribution >= 0.6 is 0 Å². The number of aliphatic hydroxyl groups is 1. The molecule has 2 fully saturated rings. The second-order valence-electron chi connectivity index (χ2n) is 6.95. The highest BCUT2D eigenvalue weighted by atomic mass is 16.6. The van der Waals surface area contributed by atoms with Crippen LogP contribution in [0.4, 0.5) is 0 Å². The number of carbonyl (C=O) groups is 2. The molecule has 6 nitrogen and oxygen atoms in total. The van der Waals surface area contributed by atoms with Gasteiger partial charge < -0.3 is 14.6 Å². The number of aliphatic hydroxyl groups excluding tert-OH is 1. The van der Waals surface area contributed by atoms with Gasteiger partial charge in [-0.25, -0.2) is 0 Å². The Kier molecular flexibility index (Phi) is 4.13. The molecular formula is C18H23NO5. The predicted molar refractivity (Wildman–Crippen MR) is 86.0 cm³/mol. The molecule has 0 saturated carbocycles. The number of likely N-dealkylation sites (N-methyl/N-ethyl adjacent to an activating group) is 1. The molecule has 4 unspecified atom stereocenters. The number of likely N-dealkylation sites (tertiary alicyclic amines) is 1. The fourth-order valence-corrected chi connectivity index (χ4v) is 4.35. The van der Waals surface area contributed by atoms with Crippen LogP contribution in [-0.4, -0.2) is 54.9 Å². The molecule has 3 rings (SSSR count). The molecule has 0 spiro atoms. The van der Waals surface area contributed by atoms with Gasteiger partial charge in [0.15, 0.2) is 5.41 Å². The summed E-state index contributed by atoms with van der Waals surface area (Å²) in [7, 11) is 3.20. The molecule has 0 bridgehead atoms. The van der Waals surface area contributed by atoms with E-state index >= 15 is 0 Å². The van der Waals surface area contributed by atoms with Gasteiger partial charge in [-0.05, 0) is 26.0 Å². The molecule has 2 saturated heterocycles. The van der Waals surface area contributed by atoms with E-state index in [9.17, 15) is 14.7 Å². The zero-order valence-electron chi connectivity index (χ0n) is 14.2. The minimum atomic E-state index is -1.64. The number of rotatable bonds is 3. The van der Waals surface area contributed by atoms with Crippen LogP contribution in [0.25, 0.3) is 0 Å². The van der Waals surface area contributed by atoms with Gasteiger partial charge in [0.05, 0.1) is 13.7 Å². The fourth-order valence-electron chi connectivity index (χ4n) is 4.35. The molecular weight excluding hydrogens is 310 g/mol. The lowest BCUT2D eigenvalue weighted by Gasteiger charge is -2.46. The van der Waals surface area contributed by atoms with E-state index < -0.39 is 35.5 Å². The first kappa shape index (κ1) is 16.9. The number of nitrogens with zero attached hydrogens (tertiary/aromatic N) is 1. The summed E-state index contributed by atoms with van der Waals surface area (Å²) in [5.74, 6) is -1.86. The number of fused-ring (bicyclic) bond motifs is 1. The zero-order valence-corrected chi connectivity index (χ0v) is 14.2. The Morgan fingerprint density at radius 2 is 2.08 bits per heavy atom. The van der Waals surface area contributed by atoms with Crippen LogP contribution in [0.1, 0.15) is 24.9 Å². The second kappa shape index (κ2) is 5.86.